The molecular formula is C9H21NO8. The first-order chi connectivity index (χ1) is 8.18. The summed E-state index contributed by atoms with van der Waals surface area (Å²) >= 11 is 0. The Morgan fingerprint density at radius 2 is 1.22 bits per heavy atom. The first-order valence-electron chi connectivity index (χ1n) is 5.11. The Hall–Kier alpha value is -0.810. The van der Waals surface area contributed by atoms with E-state index in [4.69, 9.17) is 41.5 Å². The summed E-state index contributed by atoms with van der Waals surface area (Å²) in [6.07, 6.45) is -6.39. The molecule has 0 aromatic rings. The van der Waals surface area contributed by atoms with Crippen molar-refractivity contribution in [3.8, 4) is 0 Å². The number of carbonyl (C=O) groups is 1. The molecule has 9 nitrogen and oxygen atoms in total. The zero-order valence-electron chi connectivity index (χ0n) is 9.92. The smallest absolute Gasteiger partial charge is 0.320 e. The van der Waals surface area contributed by atoms with Crippen LogP contribution in [0.2, 0.25) is 0 Å². The largest absolute Gasteiger partial charge is 0.480 e. The molecule has 0 fully saturated rings. The van der Waals surface area contributed by atoms with Crippen LogP contribution >= 0.6 is 0 Å². The van der Waals surface area contributed by atoms with Crippen molar-refractivity contribution < 1.29 is 40.5 Å². The number of aliphatic hydroxyl groups excluding tert-OH is 6. The van der Waals surface area contributed by atoms with Crippen molar-refractivity contribution in [2.24, 2.45) is 5.73 Å². The quantitative estimate of drug-likeness (QED) is 0.237. The predicted molar refractivity (Wildman–Crippen MR) is 59.5 cm³/mol. The van der Waals surface area contributed by atoms with Crippen LogP contribution in [-0.2, 0) is 4.79 Å². The third-order valence-electron chi connectivity index (χ3n) is 1.90. The van der Waals surface area contributed by atoms with Gasteiger partial charge in [0.25, 0.3) is 0 Å². The zero-order chi connectivity index (χ0) is 14.9. The van der Waals surface area contributed by atoms with Crippen LogP contribution in [0, 0.1) is 0 Å². The fourth-order valence-electron chi connectivity index (χ4n) is 0.671. The van der Waals surface area contributed by atoms with E-state index in [9.17, 15) is 4.79 Å². The molecule has 0 amide bonds. The summed E-state index contributed by atoms with van der Waals surface area (Å²) in [5.41, 5.74) is 4.84. The van der Waals surface area contributed by atoms with Gasteiger partial charge in [-0.25, -0.2) is 0 Å². The standard InChI is InChI=1S/C6H14O6.C3H7NO2/c7-1-3(9)5(11)6(12)4(10)2-8;1-2(4)3(5)6/h3-12H,1-2H2;2H,4H2,1H3,(H,5,6)/t3-,4-,5-,6-;/m1./s1. The van der Waals surface area contributed by atoms with E-state index in [0.717, 1.165) is 0 Å². The molecule has 5 atom stereocenters. The number of hydrogen-bond donors (Lipinski definition) is 8. The number of carboxylic acid groups (broad SMARTS) is 1. The first kappa shape index (κ1) is 19.5. The van der Waals surface area contributed by atoms with Gasteiger partial charge in [0.1, 0.15) is 30.5 Å². The normalized spacial score (nSPS) is 18.9. The van der Waals surface area contributed by atoms with E-state index in [1.807, 2.05) is 0 Å². The Bertz CT molecular complexity index is 211. The number of hydrogen-bond acceptors (Lipinski definition) is 8. The summed E-state index contributed by atoms with van der Waals surface area (Å²) in [7, 11) is 0. The van der Waals surface area contributed by atoms with Crippen molar-refractivity contribution in [2.75, 3.05) is 13.2 Å². The number of nitrogens with two attached hydrogens (primary N) is 1. The summed E-state index contributed by atoms with van der Waals surface area (Å²) in [4.78, 5) is 9.57. The number of aliphatic carboxylic acids is 1. The molecule has 0 aromatic carbocycles. The highest BCUT2D eigenvalue weighted by Crippen LogP contribution is 2.03. The first-order valence-corrected chi connectivity index (χ1v) is 5.11. The van der Waals surface area contributed by atoms with Gasteiger partial charge in [-0.3, -0.25) is 4.79 Å². The lowest BCUT2D eigenvalue weighted by molar-refractivity contribution is -0.138. The minimum absolute atomic E-state index is 0.726. The second-order valence-corrected chi connectivity index (χ2v) is 3.61. The van der Waals surface area contributed by atoms with Gasteiger partial charge in [0.15, 0.2) is 0 Å². The summed E-state index contributed by atoms with van der Waals surface area (Å²) in [5, 5.41) is 60.0. The highest BCUT2D eigenvalue weighted by atomic mass is 16.4. The van der Waals surface area contributed by atoms with Crippen molar-refractivity contribution in [1.29, 1.82) is 0 Å². The van der Waals surface area contributed by atoms with Gasteiger partial charge < -0.3 is 41.5 Å². The lowest BCUT2D eigenvalue weighted by atomic mass is 10.0. The maximum Gasteiger partial charge on any atom is 0.320 e. The van der Waals surface area contributed by atoms with Crippen LogP contribution in [-0.4, -0.2) is 85.4 Å². The van der Waals surface area contributed by atoms with Gasteiger partial charge in [-0.2, -0.15) is 0 Å². The molecule has 0 saturated carbocycles. The number of carboxylic acids is 1. The summed E-state index contributed by atoms with van der Waals surface area (Å²) in [5.74, 6) is -0.963. The molecule has 9 heteroatoms. The minimum atomic E-state index is -1.67. The molecule has 0 aliphatic carbocycles. The van der Waals surface area contributed by atoms with Gasteiger partial charge in [-0.05, 0) is 6.92 Å². The Balaban J connectivity index is 0. The molecule has 0 aromatic heterocycles. The Morgan fingerprint density at radius 3 is 1.33 bits per heavy atom. The molecular weight excluding hydrogens is 250 g/mol. The SMILES string of the molecule is CC(N)C(=O)O.OC[C@@H](O)[C@@H](O)[C@H](O)[C@H](O)CO. The topological polar surface area (TPSA) is 185 Å². The van der Waals surface area contributed by atoms with Crippen LogP contribution in [0.15, 0.2) is 0 Å². The van der Waals surface area contributed by atoms with Crippen molar-refractivity contribution in [2.45, 2.75) is 37.4 Å². The lowest BCUT2D eigenvalue weighted by Gasteiger charge is -2.24. The van der Waals surface area contributed by atoms with Gasteiger partial charge in [0.2, 0.25) is 0 Å². The Labute approximate surface area is 104 Å². The van der Waals surface area contributed by atoms with E-state index in [1.54, 1.807) is 0 Å². The van der Waals surface area contributed by atoms with Crippen molar-refractivity contribution in [1.82, 2.24) is 0 Å². The Morgan fingerprint density at radius 1 is 1.00 bits per heavy atom. The van der Waals surface area contributed by atoms with Crippen molar-refractivity contribution in [3.05, 3.63) is 0 Å². The van der Waals surface area contributed by atoms with Gasteiger partial charge in [0.05, 0.1) is 13.2 Å². The second-order valence-electron chi connectivity index (χ2n) is 3.61. The molecule has 0 heterocycles. The van der Waals surface area contributed by atoms with E-state index in [2.05, 4.69) is 0 Å². The van der Waals surface area contributed by atoms with E-state index >= 15 is 0 Å². The second kappa shape index (κ2) is 10.1. The monoisotopic (exact) mass is 271 g/mol. The van der Waals surface area contributed by atoms with Gasteiger partial charge >= 0.3 is 5.97 Å². The molecule has 0 saturated heterocycles. The fourth-order valence-corrected chi connectivity index (χ4v) is 0.671. The molecule has 110 valence electrons. The van der Waals surface area contributed by atoms with Gasteiger partial charge in [-0.15, -0.1) is 0 Å². The van der Waals surface area contributed by atoms with E-state index in [-0.39, 0.29) is 0 Å². The maximum atomic E-state index is 9.57. The predicted octanol–water partition coefficient (Wildman–Crippen LogP) is -4.17. The molecule has 0 radical (unpaired) electrons. The molecule has 1 unspecified atom stereocenters. The molecule has 0 bridgehead atoms. The highest BCUT2D eigenvalue weighted by Gasteiger charge is 2.29. The highest BCUT2D eigenvalue weighted by molar-refractivity contribution is 5.72. The lowest BCUT2D eigenvalue weighted by Crippen LogP contribution is -2.46. The van der Waals surface area contributed by atoms with E-state index in [0.29, 0.717) is 0 Å². The molecule has 9 N–H and O–H groups in total. The zero-order valence-corrected chi connectivity index (χ0v) is 9.92. The summed E-state index contributed by atoms with van der Waals surface area (Å²) < 4.78 is 0. The minimum Gasteiger partial charge on any atom is -0.480 e. The van der Waals surface area contributed by atoms with Gasteiger partial charge in [-0.1, -0.05) is 0 Å². The number of aliphatic hydroxyl groups is 6. The molecule has 0 aliphatic rings. The van der Waals surface area contributed by atoms with Crippen molar-refractivity contribution in [3.63, 3.8) is 0 Å². The van der Waals surface area contributed by atoms with Crippen LogP contribution in [0.4, 0.5) is 0 Å². The van der Waals surface area contributed by atoms with Crippen molar-refractivity contribution >= 4 is 5.97 Å². The average Bonchev–Trinajstić information content (AvgIpc) is 2.35. The molecule has 0 aliphatic heterocycles. The summed E-state index contributed by atoms with van der Waals surface area (Å²) in [6.45, 7) is -0.0327. The molecule has 18 heavy (non-hydrogen) atoms. The third-order valence-corrected chi connectivity index (χ3v) is 1.90. The van der Waals surface area contributed by atoms with Gasteiger partial charge in [0, 0.05) is 0 Å². The Kier molecular flexibility index (Phi) is 11.0. The fraction of sp³-hybridized carbons (Fsp3) is 0.889. The number of rotatable bonds is 6. The maximum absolute atomic E-state index is 9.57. The van der Waals surface area contributed by atoms with Crippen LogP contribution in [0.1, 0.15) is 6.92 Å². The van der Waals surface area contributed by atoms with E-state index < -0.39 is 49.6 Å². The van der Waals surface area contributed by atoms with Crippen LogP contribution < -0.4 is 5.73 Å². The molecule has 0 spiro atoms. The molecule has 0 rings (SSSR count). The average molecular weight is 271 g/mol. The van der Waals surface area contributed by atoms with Crippen LogP contribution in [0.5, 0.6) is 0 Å². The van der Waals surface area contributed by atoms with E-state index in [1.165, 1.54) is 6.92 Å². The summed E-state index contributed by atoms with van der Waals surface area (Å²) in [6, 6.07) is -0.731. The van der Waals surface area contributed by atoms with Crippen LogP contribution in [0.3, 0.4) is 0 Å². The third kappa shape index (κ3) is 8.31. The van der Waals surface area contributed by atoms with Crippen LogP contribution in [0.25, 0.3) is 0 Å².